The molecule has 0 fully saturated rings. The lowest BCUT2D eigenvalue weighted by molar-refractivity contribution is -0.121. The first-order chi connectivity index (χ1) is 17.5. The van der Waals surface area contributed by atoms with Crippen LogP contribution in [0.1, 0.15) is 55.0 Å². The molecule has 2 heterocycles. The van der Waals surface area contributed by atoms with Crippen LogP contribution < -0.4 is 20.4 Å². The fourth-order valence-corrected chi connectivity index (χ4v) is 4.78. The minimum absolute atomic E-state index is 0.0905. The van der Waals surface area contributed by atoms with E-state index in [0.29, 0.717) is 42.0 Å². The molecule has 0 spiro atoms. The van der Waals surface area contributed by atoms with Gasteiger partial charge < -0.3 is 23.6 Å². The van der Waals surface area contributed by atoms with Crippen molar-refractivity contribution in [1.29, 1.82) is 0 Å². The van der Waals surface area contributed by atoms with Crippen molar-refractivity contribution in [2.45, 2.75) is 59.3 Å². The van der Waals surface area contributed by atoms with Gasteiger partial charge in [0.1, 0.15) is 11.2 Å². The Hall–Kier alpha value is -3.74. The topological polar surface area (TPSA) is 90.9 Å². The number of amides is 1. The van der Waals surface area contributed by atoms with Gasteiger partial charge in [0.15, 0.2) is 11.5 Å². The van der Waals surface area contributed by atoms with Gasteiger partial charge in [-0.2, -0.15) is 0 Å². The van der Waals surface area contributed by atoms with Crippen molar-refractivity contribution in [2.75, 3.05) is 20.8 Å². The van der Waals surface area contributed by atoms with Gasteiger partial charge in [0.25, 0.3) is 0 Å². The molecule has 2 aromatic carbocycles. The number of benzene rings is 2. The molecule has 0 aliphatic heterocycles. The van der Waals surface area contributed by atoms with Crippen LogP contribution in [-0.2, 0) is 23.1 Å². The summed E-state index contributed by atoms with van der Waals surface area (Å²) in [6.45, 7) is 10.7. The molecule has 0 atom stereocenters. The maximum Gasteiger partial charge on any atom is 0.339 e. The zero-order chi connectivity index (χ0) is 26.9. The van der Waals surface area contributed by atoms with Crippen LogP contribution in [0.25, 0.3) is 21.9 Å². The van der Waals surface area contributed by atoms with Gasteiger partial charge in [0.05, 0.1) is 20.5 Å². The monoisotopic (exact) mass is 505 g/mol. The van der Waals surface area contributed by atoms with Crippen LogP contribution in [0.15, 0.2) is 44.2 Å². The first-order valence-electron chi connectivity index (χ1n) is 12.5. The van der Waals surface area contributed by atoms with E-state index in [1.54, 1.807) is 20.5 Å². The van der Waals surface area contributed by atoms with Crippen LogP contribution >= 0.6 is 0 Å². The van der Waals surface area contributed by atoms with Gasteiger partial charge in [-0.3, -0.25) is 4.79 Å². The molecule has 0 radical (unpaired) electrons. The van der Waals surface area contributed by atoms with E-state index in [1.165, 1.54) is 0 Å². The molecule has 0 saturated carbocycles. The molecule has 2 aromatic heterocycles. The minimum atomic E-state index is -0.409. The van der Waals surface area contributed by atoms with E-state index in [-0.39, 0.29) is 17.7 Å². The molecule has 1 amide bonds. The van der Waals surface area contributed by atoms with Crippen molar-refractivity contribution >= 4 is 27.8 Å². The van der Waals surface area contributed by atoms with Crippen LogP contribution in [0.3, 0.4) is 0 Å². The number of carbonyl (C=O) groups is 1. The summed E-state index contributed by atoms with van der Waals surface area (Å²) in [5.74, 6) is 1.21. The zero-order valence-corrected chi connectivity index (χ0v) is 22.7. The standard InChI is InChI=1S/C30H35NO6/c1-17-20(9-11-26(32)31-13-12-19-8-10-24(34-6)25(14-19)35-7)29(33)37-28-18(2)27-22(15-21(17)28)23(16-36-27)30(3,4)5/h8,10,14-16H,9,11-13H2,1-7H3,(H,31,32). The summed E-state index contributed by atoms with van der Waals surface area (Å²) >= 11 is 0. The molecule has 37 heavy (non-hydrogen) atoms. The number of hydrogen-bond acceptors (Lipinski definition) is 6. The maximum absolute atomic E-state index is 12.9. The second kappa shape index (κ2) is 10.3. The maximum atomic E-state index is 12.9. The molecule has 1 N–H and O–H groups in total. The van der Waals surface area contributed by atoms with Gasteiger partial charge in [0.2, 0.25) is 5.91 Å². The lowest BCUT2D eigenvalue weighted by Gasteiger charge is -2.17. The lowest BCUT2D eigenvalue weighted by atomic mass is 9.86. The molecule has 0 saturated heterocycles. The zero-order valence-electron chi connectivity index (χ0n) is 22.7. The van der Waals surface area contributed by atoms with Crippen molar-refractivity contribution < 1.29 is 23.1 Å². The average molecular weight is 506 g/mol. The van der Waals surface area contributed by atoms with Crippen molar-refractivity contribution in [1.82, 2.24) is 5.32 Å². The number of aryl methyl sites for hydroxylation is 2. The van der Waals surface area contributed by atoms with Crippen LogP contribution in [-0.4, -0.2) is 26.7 Å². The first kappa shape index (κ1) is 26.3. The Morgan fingerprint density at radius 2 is 1.68 bits per heavy atom. The molecular weight excluding hydrogens is 470 g/mol. The van der Waals surface area contributed by atoms with E-state index in [1.807, 2.05) is 38.1 Å². The Morgan fingerprint density at radius 1 is 0.946 bits per heavy atom. The van der Waals surface area contributed by atoms with E-state index in [4.69, 9.17) is 18.3 Å². The van der Waals surface area contributed by atoms with Crippen molar-refractivity contribution in [2.24, 2.45) is 0 Å². The number of carbonyl (C=O) groups excluding carboxylic acids is 1. The predicted octanol–water partition coefficient (Wildman–Crippen LogP) is 5.76. The Kier molecular flexibility index (Phi) is 7.35. The fraction of sp³-hybridized carbons (Fsp3) is 0.400. The van der Waals surface area contributed by atoms with E-state index in [0.717, 1.165) is 38.6 Å². The number of nitrogens with one attached hydrogen (secondary N) is 1. The van der Waals surface area contributed by atoms with Gasteiger partial charge in [-0.05, 0) is 61.4 Å². The molecule has 196 valence electrons. The molecule has 7 nitrogen and oxygen atoms in total. The normalized spacial score (nSPS) is 11.8. The van der Waals surface area contributed by atoms with Gasteiger partial charge in [-0.15, -0.1) is 0 Å². The molecule has 4 aromatic rings. The Labute approximate surface area is 216 Å². The van der Waals surface area contributed by atoms with Gasteiger partial charge in [-0.25, -0.2) is 4.79 Å². The third kappa shape index (κ3) is 5.22. The summed E-state index contributed by atoms with van der Waals surface area (Å²) in [6, 6.07) is 7.74. The Bertz CT molecular complexity index is 1520. The molecule has 0 aliphatic rings. The number of rotatable bonds is 8. The minimum Gasteiger partial charge on any atom is -0.493 e. The highest BCUT2D eigenvalue weighted by Crippen LogP contribution is 2.37. The summed E-state index contributed by atoms with van der Waals surface area (Å²) in [5, 5.41) is 4.84. The molecule has 0 aliphatic carbocycles. The summed E-state index contributed by atoms with van der Waals surface area (Å²) < 4.78 is 22.2. The second-order valence-corrected chi connectivity index (χ2v) is 10.4. The fourth-order valence-electron chi connectivity index (χ4n) is 4.78. The molecule has 0 unspecified atom stereocenters. The highest BCUT2D eigenvalue weighted by Gasteiger charge is 2.23. The number of ether oxygens (including phenoxy) is 2. The highest BCUT2D eigenvalue weighted by molar-refractivity contribution is 6.00. The van der Waals surface area contributed by atoms with E-state index < -0.39 is 5.63 Å². The Morgan fingerprint density at radius 3 is 2.35 bits per heavy atom. The molecule has 0 bridgehead atoms. The molecular formula is C30H35NO6. The number of hydrogen-bond donors (Lipinski definition) is 1. The summed E-state index contributed by atoms with van der Waals surface area (Å²) in [7, 11) is 3.19. The SMILES string of the molecule is COc1ccc(CCNC(=O)CCc2c(C)c3cc4c(C(C)(C)C)coc4c(C)c3oc2=O)cc1OC. The van der Waals surface area contributed by atoms with Crippen LogP contribution in [0.5, 0.6) is 11.5 Å². The van der Waals surface area contributed by atoms with E-state index in [9.17, 15) is 9.59 Å². The summed E-state index contributed by atoms with van der Waals surface area (Å²) in [4.78, 5) is 25.4. The van der Waals surface area contributed by atoms with Crippen LogP contribution in [0.4, 0.5) is 0 Å². The van der Waals surface area contributed by atoms with Crippen LogP contribution in [0, 0.1) is 13.8 Å². The summed E-state index contributed by atoms with van der Waals surface area (Å²) in [5.41, 5.74) is 5.09. The van der Waals surface area contributed by atoms with E-state index in [2.05, 4.69) is 26.1 Å². The largest absolute Gasteiger partial charge is 0.493 e. The van der Waals surface area contributed by atoms with Crippen molar-refractivity contribution in [3.05, 3.63) is 68.8 Å². The highest BCUT2D eigenvalue weighted by atomic mass is 16.5. The second-order valence-electron chi connectivity index (χ2n) is 10.4. The first-order valence-corrected chi connectivity index (χ1v) is 12.5. The van der Waals surface area contributed by atoms with Gasteiger partial charge >= 0.3 is 5.63 Å². The van der Waals surface area contributed by atoms with E-state index >= 15 is 0 Å². The molecule has 4 rings (SSSR count). The number of fused-ring (bicyclic) bond motifs is 2. The third-order valence-electron chi connectivity index (χ3n) is 6.94. The predicted molar refractivity (Wildman–Crippen MR) is 145 cm³/mol. The smallest absolute Gasteiger partial charge is 0.339 e. The lowest BCUT2D eigenvalue weighted by Crippen LogP contribution is -2.26. The quantitative estimate of drug-likeness (QED) is 0.306. The Balaban J connectivity index is 1.49. The average Bonchev–Trinajstić information content (AvgIpc) is 3.30. The number of furan rings is 1. The molecule has 7 heteroatoms. The van der Waals surface area contributed by atoms with Crippen molar-refractivity contribution in [3.8, 4) is 11.5 Å². The van der Waals surface area contributed by atoms with Gasteiger partial charge in [0, 0.05) is 40.4 Å². The summed E-state index contributed by atoms with van der Waals surface area (Å²) in [6.07, 6.45) is 2.95. The van der Waals surface area contributed by atoms with Gasteiger partial charge in [-0.1, -0.05) is 26.8 Å². The third-order valence-corrected chi connectivity index (χ3v) is 6.94. The van der Waals surface area contributed by atoms with Crippen LogP contribution in [0.2, 0.25) is 0 Å². The van der Waals surface area contributed by atoms with Crippen molar-refractivity contribution in [3.63, 3.8) is 0 Å². The number of methoxy groups -OCH3 is 2.